The van der Waals surface area contributed by atoms with Gasteiger partial charge in [0.25, 0.3) is 5.91 Å². The van der Waals surface area contributed by atoms with Crippen molar-refractivity contribution < 1.29 is 14.3 Å². The summed E-state index contributed by atoms with van der Waals surface area (Å²) < 4.78 is 12.9. The predicted molar refractivity (Wildman–Crippen MR) is 105 cm³/mol. The van der Waals surface area contributed by atoms with E-state index < -0.39 is 0 Å². The number of hydrogen-bond acceptors (Lipinski definition) is 5. The number of aryl methyl sites for hydroxylation is 1. The van der Waals surface area contributed by atoms with E-state index in [0.29, 0.717) is 23.6 Å². The molecule has 2 aliphatic rings. The van der Waals surface area contributed by atoms with Gasteiger partial charge in [-0.15, -0.1) is 10.2 Å². The summed E-state index contributed by atoms with van der Waals surface area (Å²) >= 11 is 0. The first-order chi connectivity index (χ1) is 13.7. The number of amides is 1. The molecule has 28 heavy (non-hydrogen) atoms. The van der Waals surface area contributed by atoms with Crippen LogP contribution in [0.4, 0.5) is 0 Å². The van der Waals surface area contributed by atoms with Crippen molar-refractivity contribution >= 4 is 5.91 Å². The van der Waals surface area contributed by atoms with Crippen molar-refractivity contribution in [1.29, 1.82) is 0 Å². The van der Waals surface area contributed by atoms with E-state index in [2.05, 4.69) is 14.8 Å². The first-order valence-corrected chi connectivity index (χ1v) is 10.1. The molecule has 1 atom stereocenters. The van der Waals surface area contributed by atoms with Gasteiger partial charge in [-0.05, 0) is 43.9 Å². The Morgan fingerprint density at radius 2 is 1.89 bits per heavy atom. The highest BCUT2D eigenvalue weighted by Gasteiger charge is 2.30. The molecule has 1 aromatic carbocycles. The molecule has 4 rings (SSSR count). The Morgan fingerprint density at radius 3 is 2.71 bits per heavy atom. The van der Waals surface area contributed by atoms with Crippen molar-refractivity contribution in [3.8, 4) is 11.5 Å². The van der Waals surface area contributed by atoms with E-state index in [1.54, 1.807) is 32.4 Å². The second-order valence-electron chi connectivity index (χ2n) is 7.60. The summed E-state index contributed by atoms with van der Waals surface area (Å²) in [6.07, 6.45) is 6.65. The Morgan fingerprint density at radius 1 is 1.04 bits per heavy atom. The third kappa shape index (κ3) is 3.57. The van der Waals surface area contributed by atoms with Crippen LogP contribution in [0.5, 0.6) is 11.5 Å². The van der Waals surface area contributed by atoms with Gasteiger partial charge in [0.1, 0.15) is 11.6 Å². The lowest BCUT2D eigenvalue weighted by Crippen LogP contribution is -2.39. The van der Waals surface area contributed by atoms with Gasteiger partial charge in [-0.25, -0.2) is 0 Å². The monoisotopic (exact) mass is 384 g/mol. The van der Waals surface area contributed by atoms with Crippen LogP contribution >= 0.6 is 0 Å². The molecular weight excluding hydrogens is 356 g/mol. The molecule has 1 amide bonds. The lowest BCUT2D eigenvalue weighted by atomic mass is 9.96. The van der Waals surface area contributed by atoms with Crippen LogP contribution in [0.25, 0.3) is 0 Å². The molecule has 0 radical (unpaired) electrons. The van der Waals surface area contributed by atoms with Crippen molar-refractivity contribution in [2.24, 2.45) is 0 Å². The number of likely N-dealkylation sites (tertiary alicyclic amines) is 1. The van der Waals surface area contributed by atoms with Gasteiger partial charge in [-0.2, -0.15) is 0 Å². The molecule has 7 heteroatoms. The van der Waals surface area contributed by atoms with E-state index >= 15 is 0 Å². The van der Waals surface area contributed by atoms with E-state index in [1.807, 2.05) is 4.90 Å². The molecule has 3 heterocycles. The molecule has 0 N–H and O–H groups in total. The number of methoxy groups -OCH3 is 2. The number of hydrogen-bond donors (Lipinski definition) is 0. The fourth-order valence-electron chi connectivity index (χ4n) is 4.33. The highest BCUT2D eigenvalue weighted by molar-refractivity contribution is 5.95. The zero-order valence-electron chi connectivity index (χ0n) is 16.7. The van der Waals surface area contributed by atoms with E-state index in [4.69, 9.17) is 9.47 Å². The quantitative estimate of drug-likeness (QED) is 0.810. The van der Waals surface area contributed by atoms with E-state index in [1.165, 1.54) is 19.3 Å². The number of rotatable bonds is 4. The fraction of sp³-hybridized carbons (Fsp3) is 0.571. The lowest BCUT2D eigenvalue weighted by molar-refractivity contribution is 0.0702. The number of nitrogens with zero attached hydrogens (tertiary/aromatic N) is 4. The molecule has 2 aromatic rings. The van der Waals surface area contributed by atoms with E-state index in [-0.39, 0.29) is 11.8 Å². The first kappa shape index (κ1) is 18.8. The van der Waals surface area contributed by atoms with E-state index in [9.17, 15) is 4.79 Å². The Kier molecular flexibility index (Phi) is 5.50. The minimum Gasteiger partial charge on any atom is -0.493 e. The molecular formula is C21H28N4O3. The van der Waals surface area contributed by atoms with Gasteiger partial charge in [0, 0.05) is 37.5 Å². The number of benzene rings is 1. The molecule has 1 saturated heterocycles. The van der Waals surface area contributed by atoms with Crippen molar-refractivity contribution in [3.63, 3.8) is 0 Å². The maximum atomic E-state index is 13.1. The van der Waals surface area contributed by atoms with Crippen LogP contribution in [0, 0.1) is 0 Å². The second kappa shape index (κ2) is 8.20. The van der Waals surface area contributed by atoms with Crippen LogP contribution in [-0.4, -0.2) is 52.9 Å². The summed E-state index contributed by atoms with van der Waals surface area (Å²) in [5.41, 5.74) is 0.623. The molecule has 0 spiro atoms. The molecule has 0 saturated carbocycles. The Labute approximate surface area is 165 Å². The smallest absolute Gasteiger partial charge is 0.254 e. The van der Waals surface area contributed by atoms with Gasteiger partial charge < -0.3 is 18.9 Å². The van der Waals surface area contributed by atoms with Crippen LogP contribution in [0.3, 0.4) is 0 Å². The third-order valence-corrected chi connectivity index (χ3v) is 5.84. The van der Waals surface area contributed by atoms with Crippen molar-refractivity contribution in [2.75, 3.05) is 27.3 Å². The van der Waals surface area contributed by atoms with Gasteiger partial charge in [0.05, 0.1) is 14.2 Å². The summed E-state index contributed by atoms with van der Waals surface area (Å²) in [7, 11) is 3.18. The SMILES string of the molecule is COc1ccc(C(=O)N2CCCC(c3nnc4n3CCCCC4)C2)cc1OC. The number of carbonyl (C=O) groups excluding carboxylic acids is 1. The van der Waals surface area contributed by atoms with Gasteiger partial charge in [-0.3, -0.25) is 4.79 Å². The highest BCUT2D eigenvalue weighted by Crippen LogP contribution is 2.31. The van der Waals surface area contributed by atoms with Crippen LogP contribution < -0.4 is 9.47 Å². The molecule has 0 aliphatic carbocycles. The van der Waals surface area contributed by atoms with E-state index in [0.717, 1.165) is 44.0 Å². The fourth-order valence-corrected chi connectivity index (χ4v) is 4.33. The topological polar surface area (TPSA) is 69.5 Å². The maximum Gasteiger partial charge on any atom is 0.254 e. The number of aromatic nitrogens is 3. The van der Waals surface area contributed by atoms with Crippen LogP contribution in [-0.2, 0) is 13.0 Å². The van der Waals surface area contributed by atoms with Gasteiger partial charge >= 0.3 is 0 Å². The summed E-state index contributed by atoms with van der Waals surface area (Å²) in [5, 5.41) is 8.96. The van der Waals surface area contributed by atoms with Gasteiger partial charge in [-0.1, -0.05) is 6.42 Å². The molecule has 2 aliphatic heterocycles. The predicted octanol–water partition coefficient (Wildman–Crippen LogP) is 3.04. The van der Waals surface area contributed by atoms with Crippen LogP contribution in [0.15, 0.2) is 18.2 Å². The number of ether oxygens (including phenoxy) is 2. The number of carbonyl (C=O) groups is 1. The summed E-state index contributed by atoms with van der Waals surface area (Å²) in [6, 6.07) is 5.34. The Hall–Kier alpha value is -2.57. The average Bonchev–Trinajstić information content (AvgIpc) is 3.01. The van der Waals surface area contributed by atoms with Crippen molar-refractivity contribution in [1.82, 2.24) is 19.7 Å². The van der Waals surface area contributed by atoms with Gasteiger partial charge in [0.2, 0.25) is 0 Å². The molecule has 1 unspecified atom stereocenters. The first-order valence-electron chi connectivity index (χ1n) is 10.1. The number of fused-ring (bicyclic) bond motifs is 1. The summed E-state index contributed by atoms with van der Waals surface area (Å²) in [4.78, 5) is 15.1. The normalized spacial score (nSPS) is 19.6. The highest BCUT2D eigenvalue weighted by atomic mass is 16.5. The zero-order valence-corrected chi connectivity index (χ0v) is 16.7. The Bertz CT molecular complexity index is 848. The maximum absolute atomic E-state index is 13.1. The molecule has 1 fully saturated rings. The van der Waals surface area contributed by atoms with Gasteiger partial charge in [0.15, 0.2) is 11.5 Å². The average molecular weight is 384 g/mol. The Balaban J connectivity index is 1.53. The largest absolute Gasteiger partial charge is 0.493 e. The van der Waals surface area contributed by atoms with Crippen LogP contribution in [0.1, 0.15) is 60.0 Å². The molecule has 7 nitrogen and oxygen atoms in total. The van der Waals surface area contributed by atoms with Crippen molar-refractivity contribution in [3.05, 3.63) is 35.4 Å². The number of piperidine rings is 1. The third-order valence-electron chi connectivity index (χ3n) is 5.84. The minimum atomic E-state index is 0.0289. The molecule has 150 valence electrons. The van der Waals surface area contributed by atoms with Crippen LogP contribution in [0.2, 0.25) is 0 Å². The van der Waals surface area contributed by atoms with Crippen molar-refractivity contribution in [2.45, 2.75) is 51.0 Å². The summed E-state index contributed by atoms with van der Waals surface area (Å²) in [5.74, 6) is 3.64. The zero-order chi connectivity index (χ0) is 19.5. The second-order valence-corrected chi connectivity index (χ2v) is 7.60. The minimum absolute atomic E-state index is 0.0289. The standard InChI is InChI=1S/C21H28N4O3/c1-27-17-10-9-15(13-18(17)28-2)21(26)24-11-6-7-16(14-24)20-23-22-19-8-4-3-5-12-25(19)20/h9-10,13,16H,3-8,11-12,14H2,1-2H3. The lowest BCUT2D eigenvalue weighted by Gasteiger charge is -2.32. The molecule has 1 aromatic heterocycles. The molecule has 0 bridgehead atoms. The summed E-state index contributed by atoms with van der Waals surface area (Å²) in [6.45, 7) is 2.45.